The number of aromatic nitrogens is 3. The van der Waals surface area contributed by atoms with Crippen LogP contribution in [0, 0.1) is 12.3 Å². The predicted octanol–water partition coefficient (Wildman–Crippen LogP) is 1.69. The second-order valence-electron chi connectivity index (χ2n) is 4.58. The van der Waals surface area contributed by atoms with Crippen LogP contribution in [0.5, 0.6) is 17.2 Å². The number of hydrogen-bond donors (Lipinski definition) is 0. The van der Waals surface area contributed by atoms with Gasteiger partial charge in [0.1, 0.15) is 25.4 Å². The quantitative estimate of drug-likeness (QED) is 0.690. The normalized spacial score (nSPS) is 11.6. The van der Waals surface area contributed by atoms with Crippen LogP contribution in [-0.2, 0) is 11.3 Å². The number of rotatable bonds is 8. The molecule has 0 radical (unpaired) electrons. The summed E-state index contributed by atoms with van der Waals surface area (Å²) in [4.78, 5) is 3.93. The van der Waals surface area contributed by atoms with Gasteiger partial charge in [-0.3, -0.25) is 4.68 Å². The maximum Gasteiger partial charge on any atom is 0.203 e. The molecule has 1 atom stereocenters. The van der Waals surface area contributed by atoms with Crippen LogP contribution in [0.3, 0.4) is 0 Å². The summed E-state index contributed by atoms with van der Waals surface area (Å²) in [6.07, 6.45) is 8.06. The van der Waals surface area contributed by atoms with Crippen LogP contribution in [0.25, 0.3) is 0 Å². The van der Waals surface area contributed by atoms with E-state index < -0.39 is 0 Å². The lowest BCUT2D eigenvalue weighted by Crippen LogP contribution is -2.14. The van der Waals surface area contributed by atoms with E-state index in [1.165, 1.54) is 6.33 Å². The van der Waals surface area contributed by atoms with Gasteiger partial charge in [0.25, 0.3) is 0 Å². The molecule has 1 aromatic carbocycles. The summed E-state index contributed by atoms with van der Waals surface area (Å²) in [5, 5.41) is 4.10. The second kappa shape index (κ2) is 8.06. The number of hydrogen-bond acceptors (Lipinski definition) is 6. The Morgan fingerprint density at radius 3 is 2.35 bits per heavy atom. The molecule has 7 heteroatoms. The largest absolute Gasteiger partial charge is 0.493 e. The maximum absolute atomic E-state index is 5.75. The van der Waals surface area contributed by atoms with Crippen molar-refractivity contribution >= 4 is 0 Å². The monoisotopic (exact) mass is 317 g/mol. The molecule has 1 aromatic heterocycles. The SMILES string of the molecule is C#CCOC(Cn1cncn1)c1cc(OC)c(OC)c(OC)c1. The lowest BCUT2D eigenvalue weighted by atomic mass is 10.1. The fraction of sp³-hybridized carbons (Fsp3) is 0.375. The summed E-state index contributed by atoms with van der Waals surface area (Å²) in [6.45, 7) is 0.635. The van der Waals surface area contributed by atoms with Gasteiger partial charge in [-0.15, -0.1) is 6.42 Å². The number of ether oxygens (including phenoxy) is 4. The van der Waals surface area contributed by atoms with Gasteiger partial charge in [0.05, 0.1) is 27.9 Å². The van der Waals surface area contributed by atoms with Crippen molar-refractivity contribution in [3.05, 3.63) is 30.4 Å². The lowest BCUT2D eigenvalue weighted by molar-refractivity contribution is 0.0608. The first-order chi connectivity index (χ1) is 11.2. The first-order valence-corrected chi connectivity index (χ1v) is 6.90. The molecular formula is C16H19N3O4. The van der Waals surface area contributed by atoms with E-state index in [0.29, 0.717) is 23.8 Å². The Kier molecular flexibility index (Phi) is 5.83. The molecule has 122 valence electrons. The summed E-state index contributed by atoms with van der Waals surface area (Å²) in [5.41, 5.74) is 0.838. The highest BCUT2D eigenvalue weighted by atomic mass is 16.5. The summed E-state index contributed by atoms with van der Waals surface area (Å²) < 4.78 is 23.5. The molecule has 0 bridgehead atoms. The summed E-state index contributed by atoms with van der Waals surface area (Å²) in [5.74, 6) is 4.10. The number of benzene rings is 1. The molecule has 1 heterocycles. The minimum absolute atomic E-state index is 0.177. The lowest BCUT2D eigenvalue weighted by Gasteiger charge is -2.20. The van der Waals surface area contributed by atoms with E-state index in [9.17, 15) is 0 Å². The van der Waals surface area contributed by atoms with Crippen LogP contribution < -0.4 is 14.2 Å². The Labute approximate surface area is 135 Å². The number of terminal acetylenes is 1. The van der Waals surface area contributed by atoms with Gasteiger partial charge < -0.3 is 18.9 Å². The molecule has 7 nitrogen and oxygen atoms in total. The highest BCUT2D eigenvalue weighted by Crippen LogP contribution is 2.40. The van der Waals surface area contributed by atoms with Gasteiger partial charge >= 0.3 is 0 Å². The maximum atomic E-state index is 5.75. The van der Waals surface area contributed by atoms with E-state index >= 15 is 0 Å². The second-order valence-corrected chi connectivity index (χ2v) is 4.58. The molecule has 0 saturated carbocycles. The number of methoxy groups -OCH3 is 3. The minimum Gasteiger partial charge on any atom is -0.493 e. The molecule has 1 unspecified atom stereocenters. The number of nitrogens with zero attached hydrogens (tertiary/aromatic N) is 3. The third-order valence-electron chi connectivity index (χ3n) is 3.25. The van der Waals surface area contributed by atoms with Crippen molar-refractivity contribution in [1.82, 2.24) is 14.8 Å². The zero-order valence-corrected chi connectivity index (χ0v) is 13.4. The zero-order valence-electron chi connectivity index (χ0n) is 13.4. The molecule has 0 fully saturated rings. The van der Waals surface area contributed by atoms with Gasteiger partial charge in [-0.2, -0.15) is 5.10 Å². The Balaban J connectivity index is 2.38. The minimum atomic E-state index is -0.332. The highest BCUT2D eigenvalue weighted by molar-refractivity contribution is 5.54. The van der Waals surface area contributed by atoms with Gasteiger partial charge in [-0.25, -0.2) is 4.98 Å². The van der Waals surface area contributed by atoms with E-state index in [4.69, 9.17) is 25.4 Å². The molecule has 0 amide bonds. The fourth-order valence-corrected chi connectivity index (χ4v) is 2.19. The van der Waals surface area contributed by atoms with Gasteiger partial charge in [-0.05, 0) is 17.7 Å². The third-order valence-corrected chi connectivity index (χ3v) is 3.25. The van der Waals surface area contributed by atoms with Crippen LogP contribution in [0.1, 0.15) is 11.7 Å². The average molecular weight is 317 g/mol. The van der Waals surface area contributed by atoms with Crippen LogP contribution in [0.4, 0.5) is 0 Å². The van der Waals surface area contributed by atoms with Gasteiger partial charge in [0.15, 0.2) is 11.5 Å². The Morgan fingerprint density at radius 1 is 1.17 bits per heavy atom. The van der Waals surface area contributed by atoms with Crippen LogP contribution in [0.15, 0.2) is 24.8 Å². The summed E-state index contributed by atoms with van der Waals surface area (Å²) >= 11 is 0. The van der Waals surface area contributed by atoms with Crippen molar-refractivity contribution < 1.29 is 18.9 Å². The third kappa shape index (κ3) is 3.93. The average Bonchev–Trinajstić information content (AvgIpc) is 3.10. The first kappa shape index (κ1) is 16.6. The zero-order chi connectivity index (χ0) is 16.7. The molecule has 0 N–H and O–H groups in total. The summed E-state index contributed by atoms with van der Waals surface area (Å²) in [7, 11) is 4.69. The van der Waals surface area contributed by atoms with E-state index in [1.807, 2.05) is 12.1 Å². The predicted molar refractivity (Wildman–Crippen MR) is 83.6 cm³/mol. The smallest absolute Gasteiger partial charge is 0.203 e. The fourth-order valence-electron chi connectivity index (χ4n) is 2.19. The molecule has 0 spiro atoms. The van der Waals surface area contributed by atoms with E-state index in [1.54, 1.807) is 32.3 Å². The Morgan fingerprint density at radius 2 is 1.87 bits per heavy atom. The topological polar surface area (TPSA) is 67.6 Å². The van der Waals surface area contributed by atoms with Crippen LogP contribution >= 0.6 is 0 Å². The van der Waals surface area contributed by atoms with E-state index in [-0.39, 0.29) is 12.7 Å². The first-order valence-electron chi connectivity index (χ1n) is 6.90. The van der Waals surface area contributed by atoms with Crippen molar-refractivity contribution in [1.29, 1.82) is 0 Å². The van der Waals surface area contributed by atoms with Crippen molar-refractivity contribution in [2.75, 3.05) is 27.9 Å². The van der Waals surface area contributed by atoms with Crippen molar-refractivity contribution in [2.45, 2.75) is 12.6 Å². The Hall–Kier alpha value is -2.72. The molecule has 2 aromatic rings. The van der Waals surface area contributed by atoms with Crippen LogP contribution in [0.2, 0.25) is 0 Å². The highest BCUT2D eigenvalue weighted by Gasteiger charge is 2.20. The van der Waals surface area contributed by atoms with Gasteiger partial charge in [-0.1, -0.05) is 5.92 Å². The molecule has 0 saturated heterocycles. The van der Waals surface area contributed by atoms with E-state index in [0.717, 1.165) is 5.56 Å². The van der Waals surface area contributed by atoms with Crippen molar-refractivity contribution in [3.63, 3.8) is 0 Å². The molecule has 0 aliphatic carbocycles. The standard InChI is InChI=1S/C16H19N3O4/c1-5-6-23-15(9-19-11-17-10-18-19)12-7-13(20-2)16(22-4)14(8-12)21-3/h1,7-8,10-11,15H,6,9H2,2-4H3. The Bertz CT molecular complexity index is 639. The molecule has 2 rings (SSSR count). The molecule has 23 heavy (non-hydrogen) atoms. The summed E-state index contributed by atoms with van der Waals surface area (Å²) in [6, 6.07) is 3.67. The molecule has 0 aliphatic rings. The van der Waals surface area contributed by atoms with Gasteiger partial charge in [0.2, 0.25) is 5.75 Å². The van der Waals surface area contributed by atoms with E-state index in [2.05, 4.69) is 16.0 Å². The van der Waals surface area contributed by atoms with Gasteiger partial charge in [0, 0.05) is 0 Å². The molecule has 0 aliphatic heterocycles. The molecular weight excluding hydrogens is 298 g/mol. The van der Waals surface area contributed by atoms with Crippen molar-refractivity contribution in [3.8, 4) is 29.6 Å². The van der Waals surface area contributed by atoms with Crippen LogP contribution in [-0.4, -0.2) is 42.7 Å². The van der Waals surface area contributed by atoms with Crippen molar-refractivity contribution in [2.24, 2.45) is 0 Å².